The molecule has 1 aliphatic heterocycles. The first-order chi connectivity index (χ1) is 13.5. The third-order valence-corrected chi connectivity index (χ3v) is 4.77. The van der Waals surface area contributed by atoms with E-state index in [-0.39, 0.29) is 17.0 Å². The maximum absolute atomic E-state index is 14.1. The molecular formula is C21H21FN4O2. The molecule has 2 aromatic rings. The molecule has 7 heteroatoms. The molecule has 1 heterocycles. The summed E-state index contributed by atoms with van der Waals surface area (Å²) in [6.07, 6.45) is 0.489. The summed E-state index contributed by atoms with van der Waals surface area (Å²) >= 11 is 0. The number of para-hydroxylation sites is 2. The van der Waals surface area contributed by atoms with Crippen LogP contribution in [0.4, 0.5) is 15.8 Å². The van der Waals surface area contributed by atoms with Crippen molar-refractivity contribution in [2.24, 2.45) is 0 Å². The number of carbonyl (C=O) groups excluding carboxylic acids is 2. The molecule has 0 radical (unpaired) electrons. The number of hydrogen-bond acceptors (Lipinski definition) is 4. The van der Waals surface area contributed by atoms with Crippen LogP contribution < -0.4 is 10.2 Å². The molecular weight excluding hydrogens is 359 g/mol. The minimum absolute atomic E-state index is 0.118. The number of hydrogen-bond donors (Lipinski definition) is 1. The molecule has 0 spiro atoms. The van der Waals surface area contributed by atoms with Crippen molar-refractivity contribution >= 4 is 23.2 Å². The van der Waals surface area contributed by atoms with Gasteiger partial charge < -0.3 is 15.1 Å². The molecule has 1 aliphatic rings. The molecule has 0 saturated carbocycles. The summed E-state index contributed by atoms with van der Waals surface area (Å²) in [6, 6.07) is 12.9. The van der Waals surface area contributed by atoms with Gasteiger partial charge in [-0.25, -0.2) is 4.39 Å². The molecule has 144 valence electrons. The van der Waals surface area contributed by atoms with Gasteiger partial charge in [0.2, 0.25) is 5.91 Å². The fourth-order valence-corrected chi connectivity index (χ4v) is 3.23. The number of halogens is 1. The molecule has 1 saturated heterocycles. The van der Waals surface area contributed by atoms with E-state index in [2.05, 4.69) is 10.2 Å². The van der Waals surface area contributed by atoms with E-state index in [0.717, 1.165) is 11.8 Å². The van der Waals surface area contributed by atoms with Crippen molar-refractivity contribution in [3.05, 3.63) is 59.4 Å². The summed E-state index contributed by atoms with van der Waals surface area (Å²) < 4.78 is 14.1. The number of nitrogens with zero attached hydrogens (tertiary/aromatic N) is 3. The van der Waals surface area contributed by atoms with Gasteiger partial charge in [0.15, 0.2) is 0 Å². The van der Waals surface area contributed by atoms with Crippen LogP contribution in [0.15, 0.2) is 42.5 Å². The van der Waals surface area contributed by atoms with Crippen molar-refractivity contribution < 1.29 is 14.0 Å². The van der Waals surface area contributed by atoms with Crippen LogP contribution in [-0.4, -0.2) is 42.9 Å². The highest BCUT2D eigenvalue weighted by Gasteiger charge is 2.22. The van der Waals surface area contributed by atoms with Crippen molar-refractivity contribution in [3.63, 3.8) is 0 Å². The van der Waals surface area contributed by atoms with Gasteiger partial charge in [-0.1, -0.05) is 19.1 Å². The van der Waals surface area contributed by atoms with Gasteiger partial charge in [0, 0.05) is 32.6 Å². The minimum atomic E-state index is -0.735. The van der Waals surface area contributed by atoms with Gasteiger partial charge in [0.1, 0.15) is 5.82 Å². The number of carbonyl (C=O) groups is 2. The van der Waals surface area contributed by atoms with E-state index in [0.29, 0.717) is 38.3 Å². The van der Waals surface area contributed by atoms with Crippen molar-refractivity contribution in [3.8, 4) is 6.07 Å². The van der Waals surface area contributed by atoms with Gasteiger partial charge in [-0.15, -0.1) is 0 Å². The average Bonchev–Trinajstić information content (AvgIpc) is 2.73. The molecule has 2 aromatic carbocycles. The van der Waals surface area contributed by atoms with Crippen LogP contribution in [-0.2, 0) is 4.79 Å². The normalized spacial score (nSPS) is 13.8. The lowest BCUT2D eigenvalue weighted by Gasteiger charge is -2.36. The Morgan fingerprint density at radius 3 is 2.50 bits per heavy atom. The minimum Gasteiger partial charge on any atom is -0.366 e. The van der Waals surface area contributed by atoms with Gasteiger partial charge in [-0.05, 0) is 30.3 Å². The number of nitriles is 1. The van der Waals surface area contributed by atoms with Crippen LogP contribution in [0.5, 0.6) is 0 Å². The third kappa shape index (κ3) is 4.12. The van der Waals surface area contributed by atoms with E-state index < -0.39 is 11.7 Å². The second-order valence-corrected chi connectivity index (χ2v) is 6.50. The molecule has 0 aliphatic carbocycles. The number of piperazine rings is 1. The van der Waals surface area contributed by atoms with Crippen LogP contribution in [0.1, 0.15) is 29.3 Å². The Morgan fingerprint density at radius 2 is 1.86 bits per heavy atom. The van der Waals surface area contributed by atoms with Crippen molar-refractivity contribution in [1.82, 2.24) is 4.90 Å². The first-order valence-corrected chi connectivity index (χ1v) is 9.16. The van der Waals surface area contributed by atoms with E-state index in [9.17, 15) is 14.0 Å². The molecule has 3 rings (SSSR count). The summed E-state index contributed by atoms with van der Waals surface area (Å²) in [7, 11) is 0. The second kappa shape index (κ2) is 8.53. The van der Waals surface area contributed by atoms with Crippen LogP contribution in [0.25, 0.3) is 0 Å². The third-order valence-electron chi connectivity index (χ3n) is 4.77. The molecule has 0 bridgehead atoms. The summed E-state index contributed by atoms with van der Waals surface area (Å²) in [6.45, 7) is 4.41. The number of nitrogens with one attached hydrogen (secondary N) is 1. The lowest BCUT2D eigenvalue weighted by Crippen LogP contribution is -2.48. The highest BCUT2D eigenvalue weighted by atomic mass is 19.1. The lowest BCUT2D eigenvalue weighted by atomic mass is 10.1. The van der Waals surface area contributed by atoms with Gasteiger partial charge >= 0.3 is 0 Å². The molecule has 1 N–H and O–H groups in total. The maximum Gasteiger partial charge on any atom is 0.258 e. The Labute approximate surface area is 163 Å². The smallest absolute Gasteiger partial charge is 0.258 e. The first-order valence-electron chi connectivity index (χ1n) is 9.16. The molecule has 6 nitrogen and oxygen atoms in total. The Hall–Kier alpha value is -3.40. The monoisotopic (exact) mass is 380 g/mol. The van der Waals surface area contributed by atoms with Crippen LogP contribution in [0.2, 0.25) is 0 Å². The van der Waals surface area contributed by atoms with E-state index in [1.807, 2.05) is 30.0 Å². The van der Waals surface area contributed by atoms with Crippen LogP contribution >= 0.6 is 0 Å². The SMILES string of the molecule is CCC(=O)N1CCN(c2ccccc2NC(=O)c2ccc(C#N)cc2F)CC1. The molecule has 1 fully saturated rings. The quantitative estimate of drug-likeness (QED) is 0.885. The van der Waals surface area contributed by atoms with E-state index >= 15 is 0 Å². The van der Waals surface area contributed by atoms with E-state index in [1.165, 1.54) is 12.1 Å². The predicted octanol–water partition coefficient (Wildman–Crippen LogP) is 3.01. The fourth-order valence-electron chi connectivity index (χ4n) is 3.23. The highest BCUT2D eigenvalue weighted by Crippen LogP contribution is 2.27. The van der Waals surface area contributed by atoms with Crippen molar-refractivity contribution in [2.75, 3.05) is 36.4 Å². The Balaban J connectivity index is 1.75. The fraction of sp³-hybridized carbons (Fsp3) is 0.286. The topological polar surface area (TPSA) is 76.4 Å². The van der Waals surface area contributed by atoms with Crippen LogP contribution in [0, 0.1) is 17.1 Å². The Bertz CT molecular complexity index is 930. The second-order valence-electron chi connectivity index (χ2n) is 6.50. The molecule has 0 atom stereocenters. The van der Waals surface area contributed by atoms with Gasteiger partial charge in [-0.2, -0.15) is 5.26 Å². The summed E-state index contributed by atoms with van der Waals surface area (Å²) in [5.41, 5.74) is 1.45. The summed E-state index contributed by atoms with van der Waals surface area (Å²) in [4.78, 5) is 28.3. The summed E-state index contributed by atoms with van der Waals surface area (Å²) in [5, 5.41) is 11.6. The zero-order valence-electron chi connectivity index (χ0n) is 15.6. The van der Waals surface area contributed by atoms with E-state index in [4.69, 9.17) is 5.26 Å². The van der Waals surface area contributed by atoms with Crippen molar-refractivity contribution in [1.29, 1.82) is 5.26 Å². The zero-order chi connectivity index (χ0) is 20.1. The number of amides is 2. The number of anilines is 2. The molecule has 0 aromatic heterocycles. The molecule has 28 heavy (non-hydrogen) atoms. The molecule has 2 amide bonds. The zero-order valence-corrected chi connectivity index (χ0v) is 15.6. The van der Waals surface area contributed by atoms with E-state index in [1.54, 1.807) is 12.1 Å². The lowest BCUT2D eigenvalue weighted by molar-refractivity contribution is -0.131. The largest absolute Gasteiger partial charge is 0.366 e. The van der Waals surface area contributed by atoms with Gasteiger partial charge in [0.25, 0.3) is 5.91 Å². The van der Waals surface area contributed by atoms with Gasteiger partial charge in [-0.3, -0.25) is 9.59 Å². The highest BCUT2D eigenvalue weighted by molar-refractivity contribution is 6.06. The Kier molecular flexibility index (Phi) is 5.90. The summed E-state index contributed by atoms with van der Waals surface area (Å²) in [5.74, 6) is -1.17. The first kappa shape index (κ1) is 19.4. The maximum atomic E-state index is 14.1. The number of rotatable bonds is 4. The average molecular weight is 380 g/mol. The van der Waals surface area contributed by atoms with Gasteiger partial charge in [0.05, 0.1) is 28.6 Å². The predicted molar refractivity (Wildman–Crippen MR) is 105 cm³/mol. The number of benzene rings is 2. The van der Waals surface area contributed by atoms with Crippen LogP contribution in [0.3, 0.4) is 0 Å². The van der Waals surface area contributed by atoms with Crippen molar-refractivity contribution in [2.45, 2.75) is 13.3 Å². The Morgan fingerprint density at radius 1 is 1.14 bits per heavy atom. The standard InChI is InChI=1S/C21H21FN4O2/c1-2-20(27)26-11-9-25(10-12-26)19-6-4-3-5-18(19)24-21(28)16-8-7-15(14-23)13-17(16)22/h3-8,13H,2,9-12H2,1H3,(H,24,28). The molecule has 0 unspecified atom stereocenters.